The number of aryl methyl sites for hydroxylation is 1. The second kappa shape index (κ2) is 6.05. The lowest BCUT2D eigenvalue weighted by atomic mass is 10.2. The van der Waals surface area contributed by atoms with E-state index in [0.717, 1.165) is 17.1 Å². The van der Waals surface area contributed by atoms with Crippen molar-refractivity contribution in [2.45, 2.75) is 26.5 Å². The average molecular weight is 290 g/mol. The van der Waals surface area contributed by atoms with Gasteiger partial charge in [-0.2, -0.15) is 5.10 Å². The van der Waals surface area contributed by atoms with Crippen LogP contribution in [-0.2, 0) is 6.54 Å². The molecule has 1 atom stereocenters. The van der Waals surface area contributed by atoms with Crippen LogP contribution in [0.3, 0.4) is 0 Å². The number of aromatic nitrogens is 2. The van der Waals surface area contributed by atoms with Crippen molar-refractivity contribution in [2.24, 2.45) is 0 Å². The summed E-state index contributed by atoms with van der Waals surface area (Å²) in [6.45, 7) is 4.61. The van der Waals surface area contributed by atoms with Crippen LogP contribution in [0, 0.1) is 13.8 Å². The van der Waals surface area contributed by atoms with Crippen molar-refractivity contribution in [1.29, 1.82) is 0 Å². The van der Waals surface area contributed by atoms with Gasteiger partial charge in [0, 0.05) is 19.3 Å². The number of hydrogen-bond acceptors (Lipinski definition) is 5. The minimum Gasteiger partial charge on any atom is -0.508 e. The van der Waals surface area contributed by atoms with Crippen molar-refractivity contribution in [3.8, 4) is 5.75 Å². The summed E-state index contributed by atoms with van der Waals surface area (Å²) in [5.41, 5.74) is 9.15. The Kier molecular flexibility index (Phi) is 4.37. The molecule has 1 aromatic carbocycles. The molecule has 6 heteroatoms. The molecule has 1 unspecified atom stereocenters. The van der Waals surface area contributed by atoms with Gasteiger partial charge in [0.1, 0.15) is 5.75 Å². The summed E-state index contributed by atoms with van der Waals surface area (Å²) in [7, 11) is 1.89. The molecule has 1 heterocycles. The van der Waals surface area contributed by atoms with E-state index in [1.165, 1.54) is 0 Å². The first kappa shape index (κ1) is 15.2. The first-order valence-electron chi connectivity index (χ1n) is 6.86. The number of hydrogen-bond donors (Lipinski definition) is 3. The van der Waals surface area contributed by atoms with E-state index in [0.29, 0.717) is 18.8 Å². The van der Waals surface area contributed by atoms with Crippen molar-refractivity contribution < 1.29 is 10.2 Å². The van der Waals surface area contributed by atoms with E-state index < -0.39 is 6.10 Å². The Balaban J connectivity index is 1.99. The quantitative estimate of drug-likeness (QED) is 0.772. The zero-order valence-corrected chi connectivity index (χ0v) is 12.6. The SMILES string of the molecule is Cc1nn(CC(O)CN(C)c2ccc(O)cc2)c(C)c1N. The van der Waals surface area contributed by atoms with Gasteiger partial charge in [-0.15, -0.1) is 0 Å². The Morgan fingerprint density at radius 2 is 1.90 bits per heavy atom. The summed E-state index contributed by atoms with van der Waals surface area (Å²) < 4.78 is 1.74. The van der Waals surface area contributed by atoms with E-state index in [4.69, 9.17) is 5.73 Å². The number of aliphatic hydroxyl groups excluding tert-OH is 1. The summed E-state index contributed by atoms with van der Waals surface area (Å²) in [6.07, 6.45) is -0.568. The number of nitrogens with two attached hydrogens (primary N) is 1. The maximum atomic E-state index is 10.2. The lowest BCUT2D eigenvalue weighted by molar-refractivity contribution is 0.155. The molecule has 2 rings (SSSR count). The van der Waals surface area contributed by atoms with Crippen LogP contribution < -0.4 is 10.6 Å². The molecule has 0 fully saturated rings. The third-order valence-corrected chi connectivity index (χ3v) is 3.60. The van der Waals surface area contributed by atoms with Crippen molar-refractivity contribution >= 4 is 11.4 Å². The van der Waals surface area contributed by atoms with Gasteiger partial charge >= 0.3 is 0 Å². The largest absolute Gasteiger partial charge is 0.508 e. The standard InChI is InChI=1S/C15H22N4O2/c1-10-15(16)11(2)19(17-10)9-14(21)8-18(3)12-4-6-13(20)7-5-12/h4-7,14,20-21H,8-9,16H2,1-3H3. The van der Waals surface area contributed by atoms with Gasteiger partial charge in [0.2, 0.25) is 0 Å². The van der Waals surface area contributed by atoms with E-state index in [1.807, 2.05) is 37.9 Å². The van der Waals surface area contributed by atoms with Crippen LogP contribution in [-0.4, -0.2) is 39.7 Å². The maximum Gasteiger partial charge on any atom is 0.115 e. The molecule has 21 heavy (non-hydrogen) atoms. The number of phenols is 1. The minimum absolute atomic E-state index is 0.228. The van der Waals surface area contributed by atoms with Crippen molar-refractivity contribution in [2.75, 3.05) is 24.2 Å². The lowest BCUT2D eigenvalue weighted by Gasteiger charge is -2.23. The Morgan fingerprint density at radius 3 is 2.43 bits per heavy atom. The molecular weight excluding hydrogens is 268 g/mol. The Bertz CT molecular complexity index is 607. The maximum absolute atomic E-state index is 10.2. The topological polar surface area (TPSA) is 87.5 Å². The first-order chi connectivity index (χ1) is 9.88. The molecule has 0 bridgehead atoms. The van der Waals surface area contributed by atoms with E-state index in [1.54, 1.807) is 16.8 Å². The van der Waals surface area contributed by atoms with E-state index >= 15 is 0 Å². The molecule has 4 N–H and O–H groups in total. The van der Waals surface area contributed by atoms with Gasteiger partial charge in [0.15, 0.2) is 0 Å². The Labute approximate surface area is 124 Å². The van der Waals surface area contributed by atoms with Gasteiger partial charge in [0.05, 0.1) is 29.7 Å². The van der Waals surface area contributed by atoms with Gasteiger partial charge in [-0.3, -0.25) is 4.68 Å². The van der Waals surface area contributed by atoms with Gasteiger partial charge in [0.25, 0.3) is 0 Å². The number of nitrogens with zero attached hydrogens (tertiary/aromatic N) is 3. The zero-order chi connectivity index (χ0) is 15.6. The third kappa shape index (κ3) is 3.46. The Morgan fingerprint density at radius 1 is 1.29 bits per heavy atom. The molecule has 0 aliphatic carbocycles. The lowest BCUT2D eigenvalue weighted by Crippen LogP contribution is -2.32. The summed E-state index contributed by atoms with van der Waals surface area (Å²) in [4.78, 5) is 1.93. The monoisotopic (exact) mass is 290 g/mol. The first-order valence-corrected chi connectivity index (χ1v) is 6.86. The number of aliphatic hydroxyl groups is 1. The smallest absolute Gasteiger partial charge is 0.115 e. The van der Waals surface area contributed by atoms with E-state index in [9.17, 15) is 10.2 Å². The molecule has 2 aromatic rings. The van der Waals surface area contributed by atoms with Crippen molar-refractivity contribution in [1.82, 2.24) is 9.78 Å². The van der Waals surface area contributed by atoms with Crippen LogP contribution in [0.25, 0.3) is 0 Å². The molecule has 0 amide bonds. The van der Waals surface area contributed by atoms with Gasteiger partial charge in [-0.05, 0) is 38.1 Å². The second-order valence-electron chi connectivity index (χ2n) is 5.32. The summed E-state index contributed by atoms with van der Waals surface area (Å²) in [5.74, 6) is 0.228. The van der Waals surface area contributed by atoms with Crippen LogP contribution in [0.4, 0.5) is 11.4 Å². The second-order valence-corrected chi connectivity index (χ2v) is 5.32. The number of benzene rings is 1. The van der Waals surface area contributed by atoms with Crippen LogP contribution in [0.2, 0.25) is 0 Å². The molecule has 0 spiro atoms. The molecule has 0 aliphatic heterocycles. The molecule has 0 radical (unpaired) electrons. The third-order valence-electron chi connectivity index (χ3n) is 3.60. The average Bonchev–Trinajstić information content (AvgIpc) is 2.67. The van der Waals surface area contributed by atoms with Crippen LogP contribution >= 0.6 is 0 Å². The predicted octanol–water partition coefficient (Wildman–Crippen LogP) is 1.29. The normalized spacial score (nSPS) is 12.4. The highest BCUT2D eigenvalue weighted by Crippen LogP contribution is 2.18. The molecule has 0 saturated carbocycles. The highest BCUT2D eigenvalue weighted by Gasteiger charge is 2.14. The molecule has 0 saturated heterocycles. The number of likely N-dealkylation sites (N-methyl/N-ethyl adjacent to an activating group) is 1. The number of aromatic hydroxyl groups is 1. The van der Waals surface area contributed by atoms with Crippen LogP contribution in [0.5, 0.6) is 5.75 Å². The molecule has 114 valence electrons. The minimum atomic E-state index is -0.568. The fraction of sp³-hybridized carbons (Fsp3) is 0.400. The highest BCUT2D eigenvalue weighted by atomic mass is 16.3. The van der Waals surface area contributed by atoms with Crippen molar-refractivity contribution in [3.05, 3.63) is 35.7 Å². The fourth-order valence-corrected chi connectivity index (χ4v) is 2.27. The van der Waals surface area contributed by atoms with Crippen molar-refractivity contribution in [3.63, 3.8) is 0 Å². The number of phenolic OH excluding ortho intramolecular Hbond substituents is 1. The van der Waals surface area contributed by atoms with E-state index in [-0.39, 0.29) is 5.75 Å². The van der Waals surface area contributed by atoms with Crippen LogP contribution in [0.1, 0.15) is 11.4 Å². The molecular formula is C15H22N4O2. The highest BCUT2D eigenvalue weighted by molar-refractivity contribution is 5.48. The van der Waals surface area contributed by atoms with Gasteiger partial charge < -0.3 is 20.8 Å². The van der Waals surface area contributed by atoms with Gasteiger partial charge in [-0.25, -0.2) is 0 Å². The molecule has 6 nitrogen and oxygen atoms in total. The molecule has 0 aliphatic rings. The predicted molar refractivity (Wildman–Crippen MR) is 83.5 cm³/mol. The van der Waals surface area contributed by atoms with Crippen LogP contribution in [0.15, 0.2) is 24.3 Å². The van der Waals surface area contributed by atoms with Gasteiger partial charge in [-0.1, -0.05) is 0 Å². The number of rotatable bonds is 5. The number of nitrogen functional groups attached to an aromatic ring is 1. The zero-order valence-electron chi connectivity index (χ0n) is 12.6. The molecule has 1 aromatic heterocycles. The summed E-state index contributed by atoms with van der Waals surface area (Å²) in [6, 6.07) is 6.87. The number of anilines is 2. The summed E-state index contributed by atoms with van der Waals surface area (Å²) >= 11 is 0. The summed E-state index contributed by atoms with van der Waals surface area (Å²) in [5, 5.41) is 23.8. The fourth-order valence-electron chi connectivity index (χ4n) is 2.27. The van der Waals surface area contributed by atoms with E-state index in [2.05, 4.69) is 5.10 Å². The Hall–Kier alpha value is -2.21.